The van der Waals surface area contributed by atoms with Gasteiger partial charge in [0.25, 0.3) is 10.0 Å². The fourth-order valence-electron chi connectivity index (χ4n) is 3.95. The van der Waals surface area contributed by atoms with Crippen molar-refractivity contribution in [1.82, 2.24) is 4.90 Å². The zero-order valence-corrected chi connectivity index (χ0v) is 20.0. The number of para-hydroxylation sites is 2. The van der Waals surface area contributed by atoms with Crippen LogP contribution in [0.2, 0.25) is 5.02 Å². The van der Waals surface area contributed by atoms with Crippen LogP contribution in [0.3, 0.4) is 0 Å². The van der Waals surface area contributed by atoms with Gasteiger partial charge in [-0.1, -0.05) is 48.0 Å². The van der Waals surface area contributed by atoms with Crippen molar-refractivity contribution in [3.63, 3.8) is 0 Å². The fraction of sp³-hybridized carbons (Fsp3) is 0.240. The second-order valence-corrected chi connectivity index (χ2v) is 10.3. The summed E-state index contributed by atoms with van der Waals surface area (Å²) < 4.78 is 28.3. The average Bonchev–Trinajstić information content (AvgIpc) is 2.84. The van der Waals surface area contributed by atoms with Gasteiger partial charge >= 0.3 is 0 Å². The lowest BCUT2D eigenvalue weighted by Gasteiger charge is -2.37. The number of nitrogens with zero attached hydrogens (tertiary/aromatic N) is 3. The molecule has 172 valence electrons. The van der Waals surface area contributed by atoms with E-state index >= 15 is 0 Å². The molecule has 1 aliphatic heterocycles. The highest BCUT2D eigenvalue weighted by Gasteiger charge is 2.31. The first-order valence-corrected chi connectivity index (χ1v) is 12.6. The molecular formula is C25H26ClN3O3S. The summed E-state index contributed by atoms with van der Waals surface area (Å²) in [6.07, 6.45) is 0. The number of sulfonamides is 1. The van der Waals surface area contributed by atoms with Crippen LogP contribution in [0.1, 0.15) is 5.56 Å². The third-order valence-corrected chi connectivity index (χ3v) is 7.84. The first-order chi connectivity index (χ1) is 15.9. The lowest BCUT2D eigenvalue weighted by atomic mass is 10.2. The molecule has 33 heavy (non-hydrogen) atoms. The van der Waals surface area contributed by atoms with Gasteiger partial charge in [-0.3, -0.25) is 9.10 Å². The van der Waals surface area contributed by atoms with E-state index in [9.17, 15) is 13.2 Å². The predicted molar refractivity (Wildman–Crippen MR) is 132 cm³/mol. The van der Waals surface area contributed by atoms with Crippen LogP contribution in [-0.4, -0.2) is 51.9 Å². The van der Waals surface area contributed by atoms with Crippen LogP contribution < -0.4 is 9.21 Å². The number of piperazine rings is 1. The highest BCUT2D eigenvalue weighted by Crippen LogP contribution is 2.28. The third-order valence-electron chi connectivity index (χ3n) is 5.82. The van der Waals surface area contributed by atoms with Gasteiger partial charge < -0.3 is 9.80 Å². The SMILES string of the molecule is Cc1ccccc1N(CC(=O)N1CCN(c2ccccc2)CC1)S(=O)(=O)c1ccc(Cl)cc1. The molecule has 1 amide bonds. The van der Waals surface area contributed by atoms with E-state index < -0.39 is 10.0 Å². The van der Waals surface area contributed by atoms with Crippen molar-refractivity contribution >= 4 is 38.9 Å². The molecule has 3 aromatic carbocycles. The summed E-state index contributed by atoms with van der Waals surface area (Å²) in [5.41, 5.74) is 2.39. The Morgan fingerprint density at radius 3 is 2.12 bits per heavy atom. The van der Waals surface area contributed by atoms with E-state index in [1.807, 2.05) is 37.3 Å². The van der Waals surface area contributed by atoms with E-state index in [1.165, 1.54) is 28.6 Å². The quantitative estimate of drug-likeness (QED) is 0.527. The maximum Gasteiger partial charge on any atom is 0.264 e. The Kier molecular flexibility index (Phi) is 6.91. The minimum absolute atomic E-state index is 0.0943. The van der Waals surface area contributed by atoms with E-state index in [2.05, 4.69) is 17.0 Å². The molecule has 1 aliphatic rings. The zero-order valence-electron chi connectivity index (χ0n) is 18.4. The van der Waals surface area contributed by atoms with Gasteiger partial charge in [0.2, 0.25) is 5.91 Å². The molecule has 0 aliphatic carbocycles. The topological polar surface area (TPSA) is 60.9 Å². The maximum atomic E-state index is 13.6. The van der Waals surface area contributed by atoms with E-state index in [0.29, 0.717) is 36.9 Å². The molecule has 0 spiro atoms. The number of halogens is 1. The lowest BCUT2D eigenvalue weighted by Crippen LogP contribution is -2.52. The Morgan fingerprint density at radius 1 is 0.879 bits per heavy atom. The molecule has 0 N–H and O–H groups in total. The monoisotopic (exact) mass is 483 g/mol. The van der Waals surface area contributed by atoms with E-state index in [0.717, 1.165) is 11.3 Å². The second-order valence-electron chi connectivity index (χ2n) is 7.96. The van der Waals surface area contributed by atoms with Crippen LogP contribution in [0.25, 0.3) is 0 Å². The Labute approximate surface area is 200 Å². The van der Waals surface area contributed by atoms with Crippen LogP contribution in [-0.2, 0) is 14.8 Å². The van der Waals surface area contributed by atoms with Gasteiger partial charge in [0.05, 0.1) is 10.6 Å². The third kappa shape index (κ3) is 5.15. The molecule has 1 saturated heterocycles. The van der Waals surface area contributed by atoms with Crippen molar-refractivity contribution in [2.24, 2.45) is 0 Å². The molecule has 1 fully saturated rings. The van der Waals surface area contributed by atoms with Crippen molar-refractivity contribution < 1.29 is 13.2 Å². The lowest BCUT2D eigenvalue weighted by molar-refractivity contribution is -0.129. The normalized spacial score (nSPS) is 14.2. The van der Waals surface area contributed by atoms with Crippen LogP contribution in [0.4, 0.5) is 11.4 Å². The van der Waals surface area contributed by atoms with Gasteiger partial charge in [0.1, 0.15) is 6.54 Å². The Balaban J connectivity index is 1.55. The summed E-state index contributed by atoms with van der Waals surface area (Å²) in [5, 5.41) is 0.448. The Hall–Kier alpha value is -3.03. The number of aryl methyl sites for hydroxylation is 1. The minimum atomic E-state index is -3.96. The molecule has 0 unspecified atom stereocenters. The zero-order chi connectivity index (χ0) is 23.4. The van der Waals surface area contributed by atoms with Gasteiger partial charge in [-0.05, 0) is 55.0 Å². The molecule has 0 saturated carbocycles. The molecule has 4 rings (SSSR count). The number of amides is 1. The fourth-order valence-corrected chi connectivity index (χ4v) is 5.56. The van der Waals surface area contributed by atoms with E-state index in [-0.39, 0.29) is 17.3 Å². The predicted octanol–water partition coefficient (Wildman–Crippen LogP) is 4.19. The molecule has 0 bridgehead atoms. The molecule has 1 heterocycles. The maximum absolute atomic E-state index is 13.6. The van der Waals surface area contributed by atoms with Gasteiger partial charge in [-0.15, -0.1) is 0 Å². The van der Waals surface area contributed by atoms with Crippen LogP contribution in [0, 0.1) is 6.92 Å². The van der Waals surface area contributed by atoms with Crippen molar-refractivity contribution in [3.8, 4) is 0 Å². The summed E-state index contributed by atoms with van der Waals surface area (Å²) in [6, 6.07) is 23.3. The Bertz CT molecular complexity index is 1210. The number of carbonyl (C=O) groups is 1. The first-order valence-electron chi connectivity index (χ1n) is 10.8. The average molecular weight is 484 g/mol. The molecule has 0 radical (unpaired) electrons. The highest BCUT2D eigenvalue weighted by molar-refractivity contribution is 7.92. The van der Waals surface area contributed by atoms with Crippen LogP contribution in [0.5, 0.6) is 0 Å². The summed E-state index contributed by atoms with van der Waals surface area (Å²) >= 11 is 5.95. The number of rotatable bonds is 6. The molecule has 0 aromatic heterocycles. The molecule has 8 heteroatoms. The van der Waals surface area contributed by atoms with Crippen LogP contribution >= 0.6 is 11.6 Å². The number of anilines is 2. The molecule has 6 nitrogen and oxygen atoms in total. The minimum Gasteiger partial charge on any atom is -0.368 e. The summed E-state index contributed by atoms with van der Waals surface area (Å²) in [7, 11) is -3.96. The van der Waals surface area contributed by atoms with E-state index in [1.54, 1.807) is 17.0 Å². The smallest absolute Gasteiger partial charge is 0.264 e. The molecule has 0 atom stereocenters. The van der Waals surface area contributed by atoms with Crippen molar-refractivity contribution in [2.75, 3.05) is 41.9 Å². The number of hydrogen-bond acceptors (Lipinski definition) is 4. The van der Waals surface area contributed by atoms with Gasteiger partial charge in [-0.25, -0.2) is 8.42 Å². The summed E-state index contributed by atoms with van der Waals surface area (Å²) in [6.45, 7) is 4.05. The van der Waals surface area contributed by atoms with Crippen molar-refractivity contribution in [1.29, 1.82) is 0 Å². The summed E-state index contributed by atoms with van der Waals surface area (Å²) in [4.78, 5) is 17.3. The van der Waals surface area contributed by atoms with Gasteiger partial charge in [0, 0.05) is 36.9 Å². The number of benzene rings is 3. The van der Waals surface area contributed by atoms with Crippen molar-refractivity contribution in [2.45, 2.75) is 11.8 Å². The standard InChI is InChI=1S/C25H26ClN3O3S/c1-20-7-5-6-10-24(20)29(33(31,32)23-13-11-21(26)12-14-23)19-25(30)28-17-15-27(16-18-28)22-8-3-2-4-9-22/h2-14H,15-19H2,1H3. The van der Waals surface area contributed by atoms with Crippen LogP contribution in [0.15, 0.2) is 83.8 Å². The van der Waals surface area contributed by atoms with Gasteiger partial charge in [-0.2, -0.15) is 0 Å². The first kappa shape index (κ1) is 23.1. The number of hydrogen-bond donors (Lipinski definition) is 0. The second kappa shape index (κ2) is 9.85. The largest absolute Gasteiger partial charge is 0.368 e. The van der Waals surface area contributed by atoms with E-state index in [4.69, 9.17) is 11.6 Å². The highest BCUT2D eigenvalue weighted by atomic mass is 35.5. The molecular weight excluding hydrogens is 458 g/mol. The Morgan fingerprint density at radius 2 is 1.48 bits per heavy atom. The van der Waals surface area contributed by atoms with Crippen molar-refractivity contribution in [3.05, 3.63) is 89.4 Å². The summed E-state index contributed by atoms with van der Waals surface area (Å²) in [5.74, 6) is -0.219. The molecule has 3 aromatic rings. The van der Waals surface area contributed by atoms with Gasteiger partial charge in [0.15, 0.2) is 0 Å². The number of carbonyl (C=O) groups excluding carboxylic acids is 1.